The molecule has 0 saturated carbocycles. The normalized spacial score (nSPS) is 12.2. The Morgan fingerprint density at radius 3 is 2.70 bits per heavy atom. The zero-order valence-electron chi connectivity index (χ0n) is 11.5. The van der Waals surface area contributed by atoms with Crippen molar-refractivity contribution in [3.63, 3.8) is 0 Å². The lowest BCUT2D eigenvalue weighted by molar-refractivity contribution is 0.408. The molecular formula is C16H17BrINO. The van der Waals surface area contributed by atoms with Crippen molar-refractivity contribution in [2.75, 3.05) is 7.11 Å². The predicted molar refractivity (Wildman–Crippen MR) is 95.2 cm³/mol. The van der Waals surface area contributed by atoms with E-state index in [1.807, 2.05) is 12.1 Å². The van der Waals surface area contributed by atoms with Crippen LogP contribution in [-0.2, 0) is 6.42 Å². The molecule has 0 fully saturated rings. The van der Waals surface area contributed by atoms with Crippen LogP contribution < -0.4 is 10.5 Å². The molecule has 1 atom stereocenters. The Morgan fingerprint density at radius 2 is 2.00 bits per heavy atom. The first-order valence-electron chi connectivity index (χ1n) is 6.35. The molecule has 0 saturated heterocycles. The molecule has 4 heteroatoms. The van der Waals surface area contributed by atoms with Gasteiger partial charge in [-0.2, -0.15) is 0 Å². The average molecular weight is 446 g/mol. The molecule has 2 N–H and O–H groups in total. The molecule has 0 bridgehead atoms. The van der Waals surface area contributed by atoms with Crippen LogP contribution in [0.15, 0.2) is 40.9 Å². The number of aryl methyl sites for hydroxylation is 1. The summed E-state index contributed by atoms with van der Waals surface area (Å²) in [7, 11) is 1.70. The lowest BCUT2D eigenvalue weighted by Crippen LogP contribution is -2.15. The summed E-state index contributed by atoms with van der Waals surface area (Å²) in [6.07, 6.45) is 0.754. The third-order valence-corrected chi connectivity index (χ3v) is 4.63. The van der Waals surface area contributed by atoms with E-state index in [0.717, 1.165) is 27.8 Å². The van der Waals surface area contributed by atoms with E-state index in [2.05, 4.69) is 69.7 Å². The van der Waals surface area contributed by atoms with Crippen LogP contribution in [-0.4, -0.2) is 7.11 Å². The van der Waals surface area contributed by atoms with Gasteiger partial charge in [0.15, 0.2) is 0 Å². The van der Waals surface area contributed by atoms with Crippen molar-refractivity contribution < 1.29 is 4.74 Å². The highest BCUT2D eigenvalue weighted by atomic mass is 127. The van der Waals surface area contributed by atoms with Gasteiger partial charge < -0.3 is 10.5 Å². The maximum atomic E-state index is 6.38. The fourth-order valence-electron chi connectivity index (χ4n) is 2.21. The number of halogens is 2. The van der Waals surface area contributed by atoms with Crippen LogP contribution in [0.25, 0.3) is 0 Å². The van der Waals surface area contributed by atoms with E-state index >= 15 is 0 Å². The van der Waals surface area contributed by atoms with Gasteiger partial charge in [0.2, 0.25) is 0 Å². The van der Waals surface area contributed by atoms with Gasteiger partial charge in [0, 0.05) is 14.1 Å². The van der Waals surface area contributed by atoms with E-state index in [4.69, 9.17) is 10.5 Å². The van der Waals surface area contributed by atoms with Gasteiger partial charge in [0.25, 0.3) is 0 Å². The second kappa shape index (κ2) is 6.91. The van der Waals surface area contributed by atoms with Crippen molar-refractivity contribution in [1.82, 2.24) is 0 Å². The molecular weight excluding hydrogens is 429 g/mol. The standard InChI is InChI=1S/C16H17BrINO/c1-10-3-6-16(20-2)11(7-10)8-15(19)13-9-12(18)4-5-14(13)17/h3-7,9,15H,8,19H2,1-2H3. The van der Waals surface area contributed by atoms with Crippen molar-refractivity contribution in [2.24, 2.45) is 5.73 Å². The van der Waals surface area contributed by atoms with Crippen LogP contribution in [0.2, 0.25) is 0 Å². The minimum absolute atomic E-state index is 0.0604. The summed E-state index contributed by atoms with van der Waals surface area (Å²) in [5, 5.41) is 0. The third-order valence-electron chi connectivity index (χ3n) is 3.23. The summed E-state index contributed by atoms with van der Waals surface area (Å²) in [5.41, 5.74) is 9.87. The van der Waals surface area contributed by atoms with Gasteiger partial charge >= 0.3 is 0 Å². The number of methoxy groups -OCH3 is 1. The Labute approximate surface area is 142 Å². The molecule has 0 aliphatic carbocycles. The van der Waals surface area contributed by atoms with Crippen LogP contribution in [0.5, 0.6) is 5.75 Å². The van der Waals surface area contributed by atoms with E-state index in [1.54, 1.807) is 7.11 Å². The highest BCUT2D eigenvalue weighted by Gasteiger charge is 2.14. The fourth-order valence-corrected chi connectivity index (χ4v) is 3.27. The number of benzene rings is 2. The van der Waals surface area contributed by atoms with E-state index in [-0.39, 0.29) is 6.04 Å². The van der Waals surface area contributed by atoms with E-state index < -0.39 is 0 Å². The summed E-state index contributed by atoms with van der Waals surface area (Å²) < 4.78 is 7.66. The molecule has 2 nitrogen and oxygen atoms in total. The molecule has 2 aromatic rings. The van der Waals surface area contributed by atoms with Crippen LogP contribution in [0.3, 0.4) is 0 Å². The molecule has 20 heavy (non-hydrogen) atoms. The molecule has 0 heterocycles. The monoisotopic (exact) mass is 445 g/mol. The molecule has 1 unspecified atom stereocenters. The van der Waals surface area contributed by atoms with Crippen molar-refractivity contribution >= 4 is 38.5 Å². The number of rotatable bonds is 4. The first-order chi connectivity index (χ1) is 9.51. The largest absolute Gasteiger partial charge is 0.496 e. The molecule has 106 valence electrons. The van der Waals surface area contributed by atoms with Gasteiger partial charge in [-0.15, -0.1) is 0 Å². The van der Waals surface area contributed by atoms with Gasteiger partial charge in [-0.25, -0.2) is 0 Å². The Kier molecular flexibility index (Phi) is 5.46. The van der Waals surface area contributed by atoms with E-state index in [1.165, 1.54) is 9.13 Å². The van der Waals surface area contributed by atoms with Crippen LogP contribution in [0.4, 0.5) is 0 Å². The Hall–Kier alpha value is -0.590. The van der Waals surface area contributed by atoms with Crippen molar-refractivity contribution in [2.45, 2.75) is 19.4 Å². The topological polar surface area (TPSA) is 35.2 Å². The summed E-state index contributed by atoms with van der Waals surface area (Å²) in [6, 6.07) is 12.4. The molecule has 0 amide bonds. The zero-order valence-corrected chi connectivity index (χ0v) is 15.2. The fraction of sp³-hybridized carbons (Fsp3) is 0.250. The molecule has 2 rings (SSSR count). The van der Waals surface area contributed by atoms with E-state index in [9.17, 15) is 0 Å². The van der Waals surface area contributed by atoms with Gasteiger partial charge in [-0.1, -0.05) is 33.6 Å². The number of hydrogen-bond donors (Lipinski definition) is 1. The molecule has 0 aliphatic rings. The molecule has 0 aromatic heterocycles. The second-order valence-corrected chi connectivity index (χ2v) is 6.89. The molecule has 2 aromatic carbocycles. The highest BCUT2D eigenvalue weighted by molar-refractivity contribution is 14.1. The highest BCUT2D eigenvalue weighted by Crippen LogP contribution is 2.29. The maximum absolute atomic E-state index is 6.38. The van der Waals surface area contributed by atoms with Crippen molar-refractivity contribution in [3.8, 4) is 5.75 Å². The van der Waals surface area contributed by atoms with Crippen LogP contribution in [0.1, 0.15) is 22.7 Å². The second-order valence-electron chi connectivity index (χ2n) is 4.79. The average Bonchev–Trinajstić information content (AvgIpc) is 2.41. The lowest BCUT2D eigenvalue weighted by atomic mass is 9.98. The Balaban J connectivity index is 2.29. The van der Waals surface area contributed by atoms with Gasteiger partial charge in [0.1, 0.15) is 5.75 Å². The summed E-state index contributed by atoms with van der Waals surface area (Å²) in [6.45, 7) is 2.08. The number of hydrogen-bond acceptors (Lipinski definition) is 2. The smallest absolute Gasteiger partial charge is 0.122 e. The Bertz CT molecular complexity index is 615. The molecule has 0 aliphatic heterocycles. The third kappa shape index (κ3) is 3.74. The first kappa shape index (κ1) is 15.8. The summed E-state index contributed by atoms with van der Waals surface area (Å²) in [5.74, 6) is 0.896. The molecule has 0 radical (unpaired) electrons. The minimum atomic E-state index is -0.0604. The van der Waals surface area contributed by atoms with Crippen molar-refractivity contribution in [3.05, 3.63) is 61.1 Å². The zero-order chi connectivity index (χ0) is 14.7. The SMILES string of the molecule is COc1ccc(C)cc1CC(N)c1cc(I)ccc1Br. The van der Waals surface area contributed by atoms with Gasteiger partial charge in [-0.3, -0.25) is 0 Å². The number of ether oxygens (including phenoxy) is 1. The van der Waals surface area contributed by atoms with Crippen LogP contribution >= 0.6 is 38.5 Å². The quantitative estimate of drug-likeness (QED) is 0.697. The van der Waals surface area contributed by atoms with E-state index in [0.29, 0.717) is 0 Å². The van der Waals surface area contributed by atoms with Crippen molar-refractivity contribution in [1.29, 1.82) is 0 Å². The maximum Gasteiger partial charge on any atom is 0.122 e. The minimum Gasteiger partial charge on any atom is -0.496 e. The number of nitrogens with two attached hydrogens (primary N) is 1. The first-order valence-corrected chi connectivity index (χ1v) is 8.22. The molecule has 0 spiro atoms. The predicted octanol–water partition coefficient (Wildman–Crippen LogP) is 4.61. The summed E-state index contributed by atoms with van der Waals surface area (Å²) in [4.78, 5) is 0. The van der Waals surface area contributed by atoms with Gasteiger partial charge in [0.05, 0.1) is 7.11 Å². The van der Waals surface area contributed by atoms with Crippen LogP contribution in [0, 0.1) is 10.5 Å². The Morgan fingerprint density at radius 1 is 1.25 bits per heavy atom. The summed E-state index contributed by atoms with van der Waals surface area (Å²) >= 11 is 5.88. The lowest BCUT2D eigenvalue weighted by Gasteiger charge is -2.17. The van der Waals surface area contributed by atoms with Gasteiger partial charge in [-0.05, 0) is 71.3 Å².